The first kappa shape index (κ1) is 20.1. The quantitative estimate of drug-likeness (QED) is 0.325. The van der Waals surface area contributed by atoms with Gasteiger partial charge in [0.05, 0.1) is 14.2 Å². The van der Waals surface area contributed by atoms with Crippen molar-refractivity contribution in [2.75, 3.05) is 14.2 Å². The summed E-state index contributed by atoms with van der Waals surface area (Å²) < 4.78 is 12.4. The molecule has 0 spiro atoms. The number of methoxy groups -OCH3 is 2. The van der Waals surface area contributed by atoms with E-state index in [1.807, 2.05) is 0 Å². The third-order valence-electron chi connectivity index (χ3n) is 7.52. The molecule has 0 saturated heterocycles. The molecular weight excluding hydrogens is 404 g/mol. The number of ether oxygens (including phenoxy) is 2. The molecule has 2 nitrogen and oxygen atoms in total. The van der Waals surface area contributed by atoms with Crippen LogP contribution in [-0.2, 0) is 0 Å². The first-order valence-electron chi connectivity index (χ1n) is 11.8. The molecule has 0 heterocycles. The van der Waals surface area contributed by atoms with Gasteiger partial charge in [-0.25, -0.2) is 0 Å². The lowest BCUT2D eigenvalue weighted by atomic mass is 9.71. The predicted octanol–water partition coefficient (Wildman–Crippen LogP) is 8.07. The van der Waals surface area contributed by atoms with E-state index < -0.39 is 0 Å². The van der Waals surface area contributed by atoms with E-state index in [1.165, 1.54) is 52.6 Å². The first-order chi connectivity index (χ1) is 16.3. The van der Waals surface area contributed by atoms with Crippen molar-refractivity contribution in [3.05, 3.63) is 96.1 Å². The Morgan fingerprint density at radius 2 is 0.970 bits per heavy atom. The smallest absolute Gasteiger partial charge is 0.134 e. The summed E-state index contributed by atoms with van der Waals surface area (Å²) in [5.74, 6) is 2.99. The fraction of sp³-hybridized carbons (Fsp3) is 0.226. The highest BCUT2D eigenvalue weighted by Crippen LogP contribution is 2.61. The Hall–Kier alpha value is -3.52. The SMILES string of the molecule is COc1c(-c2ccccc2)ccc2c1-c1c(ccc(-c3ccccc3)c1OC)C1CCCC21. The highest BCUT2D eigenvalue weighted by Gasteiger charge is 2.40. The largest absolute Gasteiger partial charge is 0.495 e. The lowest BCUT2D eigenvalue weighted by Crippen LogP contribution is -2.15. The van der Waals surface area contributed by atoms with Crippen LogP contribution in [-0.4, -0.2) is 14.2 Å². The van der Waals surface area contributed by atoms with Crippen molar-refractivity contribution in [2.24, 2.45) is 0 Å². The molecule has 33 heavy (non-hydrogen) atoms. The van der Waals surface area contributed by atoms with Crippen molar-refractivity contribution >= 4 is 0 Å². The Kier molecular flexibility index (Phi) is 4.95. The van der Waals surface area contributed by atoms with Crippen molar-refractivity contribution < 1.29 is 9.47 Å². The standard InChI is InChI=1S/C31H28O2/c1-32-30-22(20-10-5-3-6-11-20)16-18-26-24-14-9-15-25(24)27-19-17-23(21-12-7-4-8-13-21)31(33-2)29(27)28(26)30/h3-8,10-13,16-19,24-25H,9,14-15H2,1-2H3. The molecule has 164 valence electrons. The fourth-order valence-corrected chi connectivity index (χ4v) is 6.15. The zero-order valence-corrected chi connectivity index (χ0v) is 19.2. The summed E-state index contributed by atoms with van der Waals surface area (Å²) in [6, 6.07) is 30.3. The number of benzene rings is 4. The molecule has 2 aliphatic carbocycles. The minimum Gasteiger partial charge on any atom is -0.495 e. The molecule has 4 aromatic carbocycles. The molecule has 0 aliphatic heterocycles. The van der Waals surface area contributed by atoms with Crippen molar-refractivity contribution in [1.29, 1.82) is 0 Å². The van der Waals surface area contributed by atoms with E-state index in [2.05, 4.69) is 84.9 Å². The lowest BCUT2D eigenvalue weighted by Gasteiger charge is -2.34. The van der Waals surface area contributed by atoms with Gasteiger partial charge < -0.3 is 9.47 Å². The molecule has 2 unspecified atom stereocenters. The lowest BCUT2D eigenvalue weighted by molar-refractivity contribution is 0.408. The molecule has 0 radical (unpaired) electrons. The third-order valence-corrected chi connectivity index (χ3v) is 7.52. The number of rotatable bonds is 4. The van der Waals surface area contributed by atoms with Crippen LogP contribution in [0.3, 0.4) is 0 Å². The molecule has 1 fully saturated rings. The molecule has 2 heteroatoms. The van der Waals surface area contributed by atoms with Crippen LogP contribution in [0.4, 0.5) is 0 Å². The number of fused-ring (bicyclic) bond motifs is 6. The Labute approximate surface area is 195 Å². The van der Waals surface area contributed by atoms with Gasteiger partial charge in [-0.3, -0.25) is 0 Å². The van der Waals surface area contributed by atoms with E-state index in [1.54, 1.807) is 14.2 Å². The van der Waals surface area contributed by atoms with Gasteiger partial charge in [0.25, 0.3) is 0 Å². The molecule has 1 saturated carbocycles. The molecule has 2 atom stereocenters. The van der Waals surface area contributed by atoms with E-state index >= 15 is 0 Å². The molecule has 0 bridgehead atoms. The second-order valence-electron chi connectivity index (χ2n) is 9.10. The van der Waals surface area contributed by atoms with Crippen LogP contribution in [0.5, 0.6) is 11.5 Å². The van der Waals surface area contributed by atoms with Crippen LogP contribution in [0.1, 0.15) is 42.2 Å². The van der Waals surface area contributed by atoms with Gasteiger partial charge in [0.15, 0.2) is 0 Å². The van der Waals surface area contributed by atoms with Gasteiger partial charge in [-0.05, 0) is 46.9 Å². The average molecular weight is 433 g/mol. The topological polar surface area (TPSA) is 18.5 Å². The number of hydrogen-bond donors (Lipinski definition) is 0. The fourth-order valence-electron chi connectivity index (χ4n) is 6.15. The summed E-state index contributed by atoms with van der Waals surface area (Å²) in [5.41, 5.74) is 9.85. The van der Waals surface area contributed by atoms with Crippen molar-refractivity contribution in [1.82, 2.24) is 0 Å². The van der Waals surface area contributed by atoms with Gasteiger partial charge in [-0.1, -0.05) is 91.3 Å². The van der Waals surface area contributed by atoms with Gasteiger partial charge in [0.2, 0.25) is 0 Å². The predicted molar refractivity (Wildman–Crippen MR) is 135 cm³/mol. The molecular formula is C31H28O2. The maximum atomic E-state index is 6.19. The average Bonchev–Trinajstić information content (AvgIpc) is 3.38. The van der Waals surface area contributed by atoms with E-state index in [4.69, 9.17) is 9.47 Å². The van der Waals surface area contributed by atoms with Gasteiger partial charge in [-0.15, -0.1) is 0 Å². The van der Waals surface area contributed by atoms with E-state index in [0.29, 0.717) is 11.8 Å². The molecule has 2 aliphatic rings. The van der Waals surface area contributed by atoms with Gasteiger partial charge in [0, 0.05) is 22.3 Å². The number of hydrogen-bond acceptors (Lipinski definition) is 2. The first-order valence-corrected chi connectivity index (χ1v) is 11.8. The van der Waals surface area contributed by atoms with Crippen molar-refractivity contribution in [3.8, 4) is 44.9 Å². The van der Waals surface area contributed by atoms with Crippen LogP contribution >= 0.6 is 0 Å². The summed E-state index contributed by atoms with van der Waals surface area (Å²) in [6.45, 7) is 0. The van der Waals surface area contributed by atoms with Crippen LogP contribution in [0.15, 0.2) is 84.9 Å². The van der Waals surface area contributed by atoms with Gasteiger partial charge in [0.1, 0.15) is 11.5 Å². The minimum absolute atomic E-state index is 0.540. The molecule has 6 rings (SSSR count). The Balaban J connectivity index is 1.69. The molecule has 4 aromatic rings. The second-order valence-corrected chi connectivity index (χ2v) is 9.10. The van der Waals surface area contributed by atoms with E-state index in [0.717, 1.165) is 22.6 Å². The zero-order valence-electron chi connectivity index (χ0n) is 19.2. The van der Waals surface area contributed by atoms with Crippen LogP contribution in [0, 0.1) is 0 Å². The Bertz CT molecular complexity index is 1210. The molecule has 0 N–H and O–H groups in total. The van der Waals surface area contributed by atoms with Crippen LogP contribution in [0.2, 0.25) is 0 Å². The monoisotopic (exact) mass is 432 g/mol. The normalized spacial score (nSPS) is 18.2. The van der Waals surface area contributed by atoms with Crippen LogP contribution < -0.4 is 9.47 Å². The van der Waals surface area contributed by atoms with E-state index in [9.17, 15) is 0 Å². The third kappa shape index (κ3) is 3.08. The Morgan fingerprint density at radius 3 is 1.36 bits per heavy atom. The summed E-state index contributed by atoms with van der Waals surface area (Å²) in [5, 5.41) is 0. The highest BCUT2D eigenvalue weighted by atomic mass is 16.5. The highest BCUT2D eigenvalue weighted by molar-refractivity contribution is 5.94. The molecule has 0 aromatic heterocycles. The van der Waals surface area contributed by atoms with Gasteiger partial charge in [-0.2, -0.15) is 0 Å². The van der Waals surface area contributed by atoms with Crippen LogP contribution in [0.25, 0.3) is 33.4 Å². The van der Waals surface area contributed by atoms with Gasteiger partial charge >= 0.3 is 0 Å². The summed E-state index contributed by atoms with van der Waals surface area (Å²) in [6.07, 6.45) is 3.72. The zero-order chi connectivity index (χ0) is 22.4. The maximum Gasteiger partial charge on any atom is 0.134 e. The minimum atomic E-state index is 0.540. The van der Waals surface area contributed by atoms with Crippen molar-refractivity contribution in [3.63, 3.8) is 0 Å². The maximum absolute atomic E-state index is 6.19. The summed E-state index contributed by atoms with van der Waals surface area (Å²) in [4.78, 5) is 0. The summed E-state index contributed by atoms with van der Waals surface area (Å²) in [7, 11) is 3.60. The molecule has 0 amide bonds. The van der Waals surface area contributed by atoms with E-state index in [-0.39, 0.29) is 0 Å². The summed E-state index contributed by atoms with van der Waals surface area (Å²) >= 11 is 0. The van der Waals surface area contributed by atoms with Crippen molar-refractivity contribution in [2.45, 2.75) is 31.1 Å². The Morgan fingerprint density at radius 1 is 0.545 bits per heavy atom. The second kappa shape index (κ2) is 8.12.